The van der Waals surface area contributed by atoms with Crippen molar-refractivity contribution in [2.24, 2.45) is 11.7 Å². The Hall–Kier alpha value is -1.59. The number of likely N-dealkylation sites (tertiary alicyclic amines) is 1. The third kappa shape index (κ3) is 3.71. The molecule has 0 aliphatic carbocycles. The van der Waals surface area contributed by atoms with Gasteiger partial charge in [0.15, 0.2) is 0 Å². The van der Waals surface area contributed by atoms with E-state index in [2.05, 4.69) is 17.1 Å². The minimum Gasteiger partial charge on any atom is -0.497 e. The summed E-state index contributed by atoms with van der Waals surface area (Å²) in [4.78, 5) is 14.3. The van der Waals surface area contributed by atoms with Gasteiger partial charge in [-0.05, 0) is 37.9 Å². The number of methoxy groups -OCH3 is 1. The molecule has 1 aromatic rings. The molecule has 2 rings (SSSR count). The fraction of sp³-hybridized carbons (Fsp3) is 0.533. The van der Waals surface area contributed by atoms with Crippen molar-refractivity contribution in [3.63, 3.8) is 0 Å². The van der Waals surface area contributed by atoms with Crippen LogP contribution < -0.4 is 15.8 Å². The molecule has 0 bridgehead atoms. The van der Waals surface area contributed by atoms with Crippen LogP contribution in [0.5, 0.6) is 5.75 Å². The Balaban J connectivity index is 1.89. The molecule has 20 heavy (non-hydrogen) atoms. The normalized spacial score (nSPS) is 22.8. The van der Waals surface area contributed by atoms with Gasteiger partial charge in [-0.15, -0.1) is 0 Å². The molecule has 110 valence electrons. The number of carbonyl (C=O) groups is 1. The lowest BCUT2D eigenvalue weighted by molar-refractivity contribution is -0.117. The highest BCUT2D eigenvalue weighted by atomic mass is 16.5. The number of carbonyl (C=O) groups excluding carboxylic acids is 1. The minimum atomic E-state index is 0.00257. The lowest BCUT2D eigenvalue weighted by Gasteiger charge is -2.20. The average molecular weight is 277 g/mol. The summed E-state index contributed by atoms with van der Waals surface area (Å²) in [6.07, 6.45) is 1.07. The zero-order valence-corrected chi connectivity index (χ0v) is 12.1. The standard InChI is InChI=1S/C15H23N3O2/c1-11-6-12(8-16)9-18(11)10-15(19)17-13-4-3-5-14(7-13)20-2/h3-5,7,11-12H,6,8-10,16H2,1-2H3,(H,17,19). The molecule has 3 N–H and O–H groups in total. The van der Waals surface area contributed by atoms with Crippen LogP contribution in [0.15, 0.2) is 24.3 Å². The smallest absolute Gasteiger partial charge is 0.238 e. The van der Waals surface area contributed by atoms with E-state index in [9.17, 15) is 4.79 Å². The van der Waals surface area contributed by atoms with Crippen LogP contribution in [0.25, 0.3) is 0 Å². The zero-order chi connectivity index (χ0) is 14.5. The molecule has 1 amide bonds. The van der Waals surface area contributed by atoms with Gasteiger partial charge in [0.05, 0.1) is 13.7 Å². The fourth-order valence-electron chi connectivity index (χ4n) is 2.69. The third-order valence-corrected chi connectivity index (χ3v) is 3.82. The van der Waals surface area contributed by atoms with Gasteiger partial charge in [0.25, 0.3) is 0 Å². The number of nitrogens with one attached hydrogen (secondary N) is 1. The summed E-state index contributed by atoms with van der Waals surface area (Å²) in [7, 11) is 1.61. The maximum Gasteiger partial charge on any atom is 0.238 e. The largest absolute Gasteiger partial charge is 0.497 e. The molecule has 1 fully saturated rings. The van der Waals surface area contributed by atoms with Crippen molar-refractivity contribution in [1.29, 1.82) is 0 Å². The zero-order valence-electron chi connectivity index (χ0n) is 12.1. The monoisotopic (exact) mass is 277 g/mol. The van der Waals surface area contributed by atoms with E-state index in [1.807, 2.05) is 24.3 Å². The molecule has 0 aromatic heterocycles. The molecule has 1 saturated heterocycles. The van der Waals surface area contributed by atoms with Crippen LogP contribution in [0.3, 0.4) is 0 Å². The first kappa shape index (κ1) is 14.8. The van der Waals surface area contributed by atoms with Gasteiger partial charge in [-0.1, -0.05) is 6.07 Å². The maximum atomic E-state index is 12.1. The summed E-state index contributed by atoms with van der Waals surface area (Å²) in [6.45, 7) is 4.16. The van der Waals surface area contributed by atoms with Crippen molar-refractivity contribution in [2.45, 2.75) is 19.4 Å². The van der Waals surface area contributed by atoms with E-state index in [4.69, 9.17) is 10.5 Å². The van der Waals surface area contributed by atoms with Crippen LogP contribution in [0, 0.1) is 5.92 Å². The Morgan fingerprint density at radius 2 is 2.35 bits per heavy atom. The second-order valence-corrected chi connectivity index (χ2v) is 5.40. The summed E-state index contributed by atoms with van der Waals surface area (Å²) in [5.74, 6) is 1.25. The van der Waals surface area contributed by atoms with E-state index in [1.54, 1.807) is 7.11 Å². The highest BCUT2D eigenvalue weighted by Gasteiger charge is 2.29. The van der Waals surface area contributed by atoms with Gasteiger partial charge < -0.3 is 15.8 Å². The Kier molecular flexibility index (Phi) is 4.98. The first-order valence-corrected chi connectivity index (χ1v) is 7.00. The Bertz CT molecular complexity index is 464. The number of ether oxygens (including phenoxy) is 1. The molecule has 1 aliphatic heterocycles. The van der Waals surface area contributed by atoms with Crippen LogP contribution in [0.2, 0.25) is 0 Å². The third-order valence-electron chi connectivity index (χ3n) is 3.82. The highest BCUT2D eigenvalue weighted by Crippen LogP contribution is 2.22. The van der Waals surface area contributed by atoms with Crippen molar-refractivity contribution in [2.75, 3.05) is 32.1 Å². The van der Waals surface area contributed by atoms with Gasteiger partial charge in [0, 0.05) is 24.3 Å². The summed E-state index contributed by atoms with van der Waals surface area (Å²) in [5.41, 5.74) is 6.46. The van der Waals surface area contributed by atoms with E-state index in [-0.39, 0.29) is 5.91 Å². The van der Waals surface area contributed by atoms with Crippen LogP contribution in [0.1, 0.15) is 13.3 Å². The number of nitrogens with two attached hydrogens (primary N) is 1. The molecule has 0 radical (unpaired) electrons. The number of hydrogen-bond acceptors (Lipinski definition) is 4. The summed E-state index contributed by atoms with van der Waals surface area (Å²) < 4.78 is 5.14. The molecule has 5 heteroatoms. The average Bonchev–Trinajstić information content (AvgIpc) is 2.79. The van der Waals surface area contributed by atoms with E-state index in [0.29, 0.717) is 25.0 Å². The first-order valence-electron chi connectivity index (χ1n) is 7.00. The van der Waals surface area contributed by atoms with E-state index >= 15 is 0 Å². The Morgan fingerprint density at radius 3 is 3.00 bits per heavy atom. The van der Waals surface area contributed by atoms with Gasteiger partial charge in [0.2, 0.25) is 5.91 Å². The molecule has 0 saturated carbocycles. The summed E-state index contributed by atoms with van der Waals surface area (Å²) >= 11 is 0. The van der Waals surface area contributed by atoms with Crippen molar-refractivity contribution >= 4 is 11.6 Å². The molecular weight excluding hydrogens is 254 g/mol. The molecule has 1 aromatic carbocycles. The van der Waals surface area contributed by atoms with Gasteiger partial charge in [-0.2, -0.15) is 0 Å². The first-order chi connectivity index (χ1) is 9.62. The second-order valence-electron chi connectivity index (χ2n) is 5.40. The number of amides is 1. The molecule has 1 heterocycles. The molecular formula is C15H23N3O2. The predicted octanol–water partition coefficient (Wildman–Crippen LogP) is 1.30. The van der Waals surface area contributed by atoms with Gasteiger partial charge in [-0.3, -0.25) is 9.69 Å². The van der Waals surface area contributed by atoms with E-state index in [0.717, 1.165) is 24.4 Å². The number of nitrogens with zero attached hydrogens (tertiary/aromatic N) is 1. The van der Waals surface area contributed by atoms with Crippen molar-refractivity contribution in [3.8, 4) is 5.75 Å². The lowest BCUT2D eigenvalue weighted by Crippen LogP contribution is -2.36. The van der Waals surface area contributed by atoms with Gasteiger partial charge in [-0.25, -0.2) is 0 Å². The molecule has 0 spiro atoms. The Morgan fingerprint density at radius 1 is 1.55 bits per heavy atom. The highest BCUT2D eigenvalue weighted by molar-refractivity contribution is 5.92. The second kappa shape index (κ2) is 6.72. The van der Waals surface area contributed by atoms with Crippen molar-refractivity contribution in [3.05, 3.63) is 24.3 Å². The SMILES string of the molecule is COc1cccc(NC(=O)CN2CC(CN)CC2C)c1. The molecule has 2 atom stereocenters. The van der Waals surface area contributed by atoms with Crippen LogP contribution in [-0.2, 0) is 4.79 Å². The molecule has 5 nitrogen and oxygen atoms in total. The van der Waals surface area contributed by atoms with Crippen LogP contribution in [0.4, 0.5) is 5.69 Å². The predicted molar refractivity (Wildman–Crippen MR) is 79.8 cm³/mol. The van der Waals surface area contributed by atoms with Crippen molar-refractivity contribution < 1.29 is 9.53 Å². The molecule has 1 aliphatic rings. The quantitative estimate of drug-likeness (QED) is 0.851. The van der Waals surface area contributed by atoms with Gasteiger partial charge >= 0.3 is 0 Å². The summed E-state index contributed by atoms with van der Waals surface area (Å²) in [5, 5.41) is 2.91. The fourth-order valence-corrected chi connectivity index (χ4v) is 2.69. The van der Waals surface area contributed by atoms with E-state index in [1.165, 1.54) is 0 Å². The van der Waals surface area contributed by atoms with Gasteiger partial charge in [0.1, 0.15) is 5.75 Å². The lowest BCUT2D eigenvalue weighted by atomic mass is 10.1. The topological polar surface area (TPSA) is 67.6 Å². The Labute approximate surface area is 120 Å². The number of anilines is 1. The number of rotatable bonds is 5. The number of benzene rings is 1. The number of hydrogen-bond donors (Lipinski definition) is 2. The molecule has 2 unspecified atom stereocenters. The minimum absolute atomic E-state index is 0.00257. The summed E-state index contributed by atoms with van der Waals surface area (Å²) in [6, 6.07) is 7.80. The maximum absolute atomic E-state index is 12.1. The van der Waals surface area contributed by atoms with Crippen LogP contribution >= 0.6 is 0 Å². The van der Waals surface area contributed by atoms with Crippen molar-refractivity contribution in [1.82, 2.24) is 4.90 Å². The van der Waals surface area contributed by atoms with E-state index < -0.39 is 0 Å². The van der Waals surface area contributed by atoms with Crippen LogP contribution in [-0.4, -0.2) is 43.6 Å².